The molecule has 1 fully saturated rings. The average Bonchev–Trinajstić information content (AvgIpc) is 3.51. The first-order valence-electron chi connectivity index (χ1n) is 9.41. The molecule has 4 nitrogen and oxygen atoms in total. The third-order valence-corrected chi connectivity index (χ3v) is 4.67. The van der Waals surface area contributed by atoms with Crippen LogP contribution in [0, 0.1) is 0 Å². The number of carbonyl (C=O) groups excluding carboxylic acids is 1. The molecule has 27 heavy (non-hydrogen) atoms. The van der Waals surface area contributed by atoms with Crippen LogP contribution in [0.5, 0.6) is 11.5 Å². The van der Waals surface area contributed by atoms with Gasteiger partial charge in [0.2, 0.25) is 0 Å². The summed E-state index contributed by atoms with van der Waals surface area (Å²) in [4.78, 5) is 12.4. The fourth-order valence-electron chi connectivity index (χ4n) is 3.10. The van der Waals surface area contributed by atoms with Crippen molar-refractivity contribution in [2.45, 2.75) is 32.4 Å². The van der Waals surface area contributed by atoms with Gasteiger partial charge in [-0.2, -0.15) is 0 Å². The molecule has 1 saturated carbocycles. The Balaban J connectivity index is 1.57. The molecule has 0 aliphatic heterocycles. The van der Waals surface area contributed by atoms with Gasteiger partial charge in [-0.25, -0.2) is 0 Å². The Morgan fingerprint density at radius 3 is 2.63 bits per heavy atom. The second-order valence-corrected chi connectivity index (χ2v) is 6.77. The van der Waals surface area contributed by atoms with Crippen molar-refractivity contribution >= 4 is 16.7 Å². The van der Waals surface area contributed by atoms with E-state index in [1.807, 2.05) is 55.5 Å². The Morgan fingerprint density at radius 1 is 1.00 bits per heavy atom. The topological polar surface area (TPSA) is 47.6 Å². The van der Waals surface area contributed by atoms with Crippen molar-refractivity contribution in [1.82, 2.24) is 5.32 Å². The maximum atomic E-state index is 12.4. The summed E-state index contributed by atoms with van der Waals surface area (Å²) in [5.41, 5.74) is 1.51. The van der Waals surface area contributed by atoms with Crippen molar-refractivity contribution in [3.8, 4) is 11.5 Å². The van der Waals surface area contributed by atoms with Crippen LogP contribution in [0.2, 0.25) is 0 Å². The van der Waals surface area contributed by atoms with Crippen LogP contribution in [0.1, 0.15) is 35.7 Å². The van der Waals surface area contributed by atoms with Crippen LogP contribution in [0.25, 0.3) is 10.8 Å². The van der Waals surface area contributed by atoms with E-state index >= 15 is 0 Å². The molecule has 0 atom stereocenters. The summed E-state index contributed by atoms with van der Waals surface area (Å²) in [6.07, 6.45) is 2.14. The molecule has 0 radical (unpaired) electrons. The van der Waals surface area contributed by atoms with Gasteiger partial charge in [0, 0.05) is 22.6 Å². The molecule has 1 amide bonds. The number of hydrogen-bond acceptors (Lipinski definition) is 3. The van der Waals surface area contributed by atoms with Crippen LogP contribution in [0.4, 0.5) is 0 Å². The molecule has 0 unspecified atom stereocenters. The molecule has 0 spiro atoms. The molecule has 138 valence electrons. The second-order valence-electron chi connectivity index (χ2n) is 6.77. The highest BCUT2D eigenvalue weighted by molar-refractivity contribution is 5.95. The zero-order chi connectivity index (χ0) is 18.6. The molecule has 0 bridgehead atoms. The number of hydrogen-bond donors (Lipinski definition) is 1. The predicted octanol–water partition coefficient (Wildman–Crippen LogP) is 4.71. The number of rotatable bonds is 7. The quantitative estimate of drug-likeness (QED) is 0.663. The van der Waals surface area contributed by atoms with Crippen molar-refractivity contribution in [3.05, 3.63) is 71.8 Å². The van der Waals surface area contributed by atoms with E-state index in [1.165, 1.54) is 0 Å². The van der Waals surface area contributed by atoms with Gasteiger partial charge in [0.05, 0.1) is 6.61 Å². The van der Waals surface area contributed by atoms with E-state index in [1.54, 1.807) is 0 Å². The minimum atomic E-state index is -0.0352. The Hall–Kier alpha value is -3.01. The van der Waals surface area contributed by atoms with Crippen LogP contribution in [-0.2, 0) is 6.61 Å². The van der Waals surface area contributed by atoms with Crippen molar-refractivity contribution in [2.24, 2.45) is 0 Å². The zero-order valence-corrected chi connectivity index (χ0v) is 15.4. The lowest BCUT2D eigenvalue weighted by Gasteiger charge is -2.14. The van der Waals surface area contributed by atoms with Crippen LogP contribution < -0.4 is 14.8 Å². The number of amides is 1. The van der Waals surface area contributed by atoms with E-state index in [0.29, 0.717) is 24.8 Å². The van der Waals surface area contributed by atoms with E-state index in [2.05, 4.69) is 17.4 Å². The van der Waals surface area contributed by atoms with Crippen molar-refractivity contribution < 1.29 is 14.3 Å². The van der Waals surface area contributed by atoms with E-state index in [4.69, 9.17) is 9.47 Å². The highest BCUT2D eigenvalue weighted by Crippen LogP contribution is 2.28. The summed E-state index contributed by atoms with van der Waals surface area (Å²) in [5, 5.41) is 5.23. The first kappa shape index (κ1) is 17.4. The van der Waals surface area contributed by atoms with Gasteiger partial charge in [-0.3, -0.25) is 4.79 Å². The third kappa shape index (κ3) is 4.05. The maximum Gasteiger partial charge on any atom is 0.251 e. The summed E-state index contributed by atoms with van der Waals surface area (Å²) in [6.45, 7) is 2.85. The highest BCUT2D eigenvalue weighted by atomic mass is 16.5. The molecule has 3 aromatic rings. The van der Waals surface area contributed by atoms with Gasteiger partial charge in [0.1, 0.15) is 18.1 Å². The average molecular weight is 361 g/mol. The van der Waals surface area contributed by atoms with Gasteiger partial charge in [-0.15, -0.1) is 0 Å². The van der Waals surface area contributed by atoms with Crippen LogP contribution in [-0.4, -0.2) is 18.6 Å². The standard InChI is InChI=1S/C23H23NO3/c1-2-26-21-13-10-17(23(25)24-19-11-12-19)14-18(21)15-27-22-9-5-7-16-6-3-4-8-20(16)22/h3-10,13-14,19H,2,11-12,15H2,1H3,(H,24,25). The molecular formula is C23H23NO3. The summed E-state index contributed by atoms with van der Waals surface area (Å²) < 4.78 is 11.8. The SMILES string of the molecule is CCOc1ccc(C(=O)NC2CC2)cc1COc1cccc2ccccc12. The smallest absolute Gasteiger partial charge is 0.251 e. The van der Waals surface area contributed by atoms with E-state index in [0.717, 1.165) is 40.7 Å². The molecule has 3 aromatic carbocycles. The molecular weight excluding hydrogens is 338 g/mol. The minimum absolute atomic E-state index is 0.0352. The highest BCUT2D eigenvalue weighted by Gasteiger charge is 2.24. The molecule has 4 heteroatoms. The normalized spacial score (nSPS) is 13.4. The maximum absolute atomic E-state index is 12.4. The zero-order valence-electron chi connectivity index (χ0n) is 15.4. The number of ether oxygens (including phenoxy) is 2. The van der Waals surface area contributed by atoms with Gasteiger partial charge in [-0.05, 0) is 49.4 Å². The Labute approximate surface area is 159 Å². The Kier molecular flexibility index (Phi) is 4.97. The van der Waals surface area contributed by atoms with Gasteiger partial charge >= 0.3 is 0 Å². The first-order valence-corrected chi connectivity index (χ1v) is 9.41. The monoisotopic (exact) mass is 361 g/mol. The molecule has 0 saturated heterocycles. The van der Waals surface area contributed by atoms with Crippen molar-refractivity contribution in [2.75, 3.05) is 6.61 Å². The first-order chi connectivity index (χ1) is 13.2. The van der Waals surface area contributed by atoms with E-state index in [9.17, 15) is 4.79 Å². The number of carbonyl (C=O) groups is 1. The summed E-state index contributed by atoms with van der Waals surface area (Å²) in [6, 6.07) is 20.0. The fraction of sp³-hybridized carbons (Fsp3) is 0.261. The van der Waals surface area contributed by atoms with Gasteiger partial charge in [-0.1, -0.05) is 36.4 Å². The second kappa shape index (κ2) is 7.70. The predicted molar refractivity (Wildman–Crippen MR) is 106 cm³/mol. The summed E-state index contributed by atoms with van der Waals surface area (Å²) >= 11 is 0. The Morgan fingerprint density at radius 2 is 1.81 bits per heavy atom. The molecule has 0 heterocycles. The number of benzene rings is 3. The van der Waals surface area contributed by atoms with Crippen molar-refractivity contribution in [3.63, 3.8) is 0 Å². The third-order valence-electron chi connectivity index (χ3n) is 4.67. The van der Waals surface area contributed by atoms with Gasteiger partial charge in [0.25, 0.3) is 5.91 Å². The number of fused-ring (bicyclic) bond motifs is 1. The lowest BCUT2D eigenvalue weighted by atomic mass is 10.1. The lowest BCUT2D eigenvalue weighted by Crippen LogP contribution is -2.25. The molecule has 1 aliphatic rings. The van der Waals surface area contributed by atoms with Crippen molar-refractivity contribution in [1.29, 1.82) is 0 Å². The van der Waals surface area contributed by atoms with Crippen LogP contribution >= 0.6 is 0 Å². The molecule has 0 aromatic heterocycles. The largest absolute Gasteiger partial charge is 0.493 e. The molecule has 1 aliphatic carbocycles. The summed E-state index contributed by atoms with van der Waals surface area (Å²) in [7, 11) is 0. The van der Waals surface area contributed by atoms with Gasteiger partial charge in [0.15, 0.2) is 0 Å². The lowest BCUT2D eigenvalue weighted by molar-refractivity contribution is 0.0951. The minimum Gasteiger partial charge on any atom is -0.493 e. The van der Waals surface area contributed by atoms with Crippen LogP contribution in [0.15, 0.2) is 60.7 Å². The van der Waals surface area contributed by atoms with E-state index in [-0.39, 0.29) is 5.91 Å². The molecule has 1 N–H and O–H groups in total. The Bertz CT molecular complexity index is 957. The van der Waals surface area contributed by atoms with Crippen LogP contribution in [0.3, 0.4) is 0 Å². The summed E-state index contributed by atoms with van der Waals surface area (Å²) in [5.74, 6) is 1.54. The molecule has 4 rings (SSSR count). The van der Waals surface area contributed by atoms with Gasteiger partial charge < -0.3 is 14.8 Å². The van der Waals surface area contributed by atoms with E-state index < -0.39 is 0 Å². The fourth-order valence-corrected chi connectivity index (χ4v) is 3.10. The number of nitrogens with one attached hydrogen (secondary N) is 1.